The number of hydrogen-bond acceptors (Lipinski definition) is 5. The van der Waals surface area contributed by atoms with Crippen LogP contribution in [0.15, 0.2) is 53.7 Å². The third-order valence-electron chi connectivity index (χ3n) is 5.27. The van der Waals surface area contributed by atoms with Gasteiger partial charge in [0, 0.05) is 36.6 Å². The molecule has 0 bridgehead atoms. The molecule has 1 N–H and O–H groups in total. The molecule has 0 saturated heterocycles. The molecule has 1 heterocycles. The van der Waals surface area contributed by atoms with Crippen LogP contribution in [0.2, 0.25) is 0 Å². The minimum absolute atomic E-state index is 0.0509. The molecule has 164 valence electrons. The zero-order valence-electron chi connectivity index (χ0n) is 18.8. The van der Waals surface area contributed by atoms with Crippen LogP contribution in [0.1, 0.15) is 33.3 Å². The van der Waals surface area contributed by atoms with E-state index in [1.807, 2.05) is 24.3 Å². The van der Waals surface area contributed by atoms with Crippen molar-refractivity contribution in [2.24, 2.45) is 0 Å². The van der Waals surface area contributed by atoms with Gasteiger partial charge < -0.3 is 14.8 Å². The summed E-state index contributed by atoms with van der Waals surface area (Å²) in [4.78, 5) is 14.7. The summed E-state index contributed by atoms with van der Waals surface area (Å²) in [5.74, 6) is 1.06. The van der Waals surface area contributed by atoms with Crippen LogP contribution in [0.25, 0.3) is 11.4 Å². The molecule has 1 amide bonds. The van der Waals surface area contributed by atoms with Crippen molar-refractivity contribution >= 4 is 29.0 Å². The SMILES string of the molecule is CCc1ccc(NC(=O)CSc2nnc(-c3ccc(N(CC)CC)cc3)n2CC)cc1. The quantitative estimate of drug-likeness (QED) is 0.447. The number of benzene rings is 2. The van der Waals surface area contributed by atoms with E-state index in [4.69, 9.17) is 0 Å². The van der Waals surface area contributed by atoms with E-state index in [2.05, 4.69) is 76.9 Å². The normalized spacial score (nSPS) is 10.8. The molecule has 0 fully saturated rings. The highest BCUT2D eigenvalue weighted by Gasteiger charge is 2.15. The molecule has 0 saturated carbocycles. The molecule has 0 aliphatic carbocycles. The molecule has 3 rings (SSSR count). The highest BCUT2D eigenvalue weighted by Crippen LogP contribution is 2.26. The number of nitrogens with zero attached hydrogens (tertiary/aromatic N) is 4. The number of carbonyl (C=O) groups is 1. The number of amides is 1. The van der Waals surface area contributed by atoms with Crippen LogP contribution in [-0.2, 0) is 17.8 Å². The van der Waals surface area contributed by atoms with Gasteiger partial charge in [-0.15, -0.1) is 10.2 Å². The van der Waals surface area contributed by atoms with Crippen LogP contribution in [0.3, 0.4) is 0 Å². The molecule has 6 nitrogen and oxygen atoms in total. The monoisotopic (exact) mass is 437 g/mol. The van der Waals surface area contributed by atoms with Crippen LogP contribution in [0.5, 0.6) is 0 Å². The standard InChI is InChI=1S/C24H31N5OS/c1-5-18-9-13-20(14-10-18)25-22(30)17-31-24-27-26-23(29(24)8-4)19-11-15-21(16-12-19)28(6-2)7-3/h9-16H,5-8,17H2,1-4H3,(H,25,30). The van der Waals surface area contributed by atoms with Gasteiger partial charge in [0.05, 0.1) is 5.75 Å². The topological polar surface area (TPSA) is 63.1 Å². The minimum Gasteiger partial charge on any atom is -0.372 e. The van der Waals surface area contributed by atoms with Crippen LogP contribution >= 0.6 is 11.8 Å². The number of carbonyl (C=O) groups excluding carboxylic acids is 1. The van der Waals surface area contributed by atoms with E-state index < -0.39 is 0 Å². The summed E-state index contributed by atoms with van der Waals surface area (Å²) in [5, 5.41) is 12.4. The van der Waals surface area contributed by atoms with E-state index in [1.165, 1.54) is 23.0 Å². The molecule has 0 unspecified atom stereocenters. The highest BCUT2D eigenvalue weighted by atomic mass is 32.2. The second kappa shape index (κ2) is 11.0. The molecule has 31 heavy (non-hydrogen) atoms. The third kappa shape index (κ3) is 5.67. The number of aromatic nitrogens is 3. The number of thioether (sulfide) groups is 1. The van der Waals surface area contributed by atoms with Crippen LogP contribution in [-0.4, -0.2) is 39.5 Å². The van der Waals surface area contributed by atoms with Crippen molar-refractivity contribution in [2.45, 2.75) is 45.8 Å². The lowest BCUT2D eigenvalue weighted by Gasteiger charge is -2.21. The Morgan fingerprint density at radius 1 is 0.968 bits per heavy atom. The van der Waals surface area contributed by atoms with E-state index in [1.54, 1.807) is 0 Å². The molecule has 2 aromatic carbocycles. The average Bonchev–Trinajstić information content (AvgIpc) is 3.22. The Labute approximate surface area is 189 Å². The van der Waals surface area contributed by atoms with E-state index >= 15 is 0 Å². The van der Waals surface area contributed by atoms with E-state index in [-0.39, 0.29) is 11.7 Å². The summed E-state index contributed by atoms with van der Waals surface area (Å²) in [6.07, 6.45) is 0.983. The Hall–Kier alpha value is -2.80. The fourth-order valence-electron chi connectivity index (χ4n) is 3.46. The lowest BCUT2D eigenvalue weighted by Crippen LogP contribution is -2.21. The molecule has 7 heteroatoms. The Balaban J connectivity index is 1.66. The molecule has 0 atom stereocenters. The van der Waals surface area contributed by atoms with E-state index in [9.17, 15) is 4.79 Å². The van der Waals surface area contributed by atoms with Crippen molar-refractivity contribution in [3.8, 4) is 11.4 Å². The average molecular weight is 438 g/mol. The maximum absolute atomic E-state index is 12.4. The third-order valence-corrected chi connectivity index (χ3v) is 6.23. The number of hydrogen-bond donors (Lipinski definition) is 1. The summed E-state index contributed by atoms with van der Waals surface area (Å²) in [7, 11) is 0. The summed E-state index contributed by atoms with van der Waals surface area (Å²) >= 11 is 1.41. The van der Waals surface area contributed by atoms with Gasteiger partial charge in [0.15, 0.2) is 11.0 Å². The van der Waals surface area contributed by atoms with Crippen LogP contribution in [0, 0.1) is 0 Å². The largest absolute Gasteiger partial charge is 0.372 e. The minimum atomic E-state index is -0.0509. The van der Waals surface area contributed by atoms with E-state index in [0.29, 0.717) is 0 Å². The Morgan fingerprint density at radius 3 is 2.23 bits per heavy atom. The molecule has 1 aromatic heterocycles. The predicted molar refractivity (Wildman–Crippen MR) is 130 cm³/mol. The van der Waals surface area contributed by atoms with Gasteiger partial charge in [-0.3, -0.25) is 4.79 Å². The maximum Gasteiger partial charge on any atom is 0.234 e. The van der Waals surface area contributed by atoms with Crippen molar-refractivity contribution in [1.82, 2.24) is 14.8 Å². The first-order valence-electron chi connectivity index (χ1n) is 10.9. The summed E-state index contributed by atoms with van der Waals surface area (Å²) in [5.41, 5.74) is 4.29. The van der Waals surface area contributed by atoms with Crippen molar-refractivity contribution in [1.29, 1.82) is 0 Å². The summed E-state index contributed by atoms with van der Waals surface area (Å²) < 4.78 is 2.06. The van der Waals surface area contributed by atoms with Gasteiger partial charge in [0.2, 0.25) is 5.91 Å². The fraction of sp³-hybridized carbons (Fsp3) is 0.375. The summed E-state index contributed by atoms with van der Waals surface area (Å²) in [6.45, 7) is 11.2. The first kappa shape index (κ1) is 22.9. The number of aryl methyl sites for hydroxylation is 1. The maximum atomic E-state index is 12.4. The molecule has 0 aliphatic rings. The second-order valence-corrected chi connectivity index (χ2v) is 8.10. The lowest BCUT2D eigenvalue weighted by atomic mass is 10.1. The molecule has 0 aliphatic heterocycles. The zero-order chi connectivity index (χ0) is 22.2. The number of nitrogens with one attached hydrogen (secondary N) is 1. The van der Waals surface area contributed by atoms with Gasteiger partial charge in [0.25, 0.3) is 0 Å². The van der Waals surface area contributed by atoms with Crippen LogP contribution < -0.4 is 10.2 Å². The second-order valence-electron chi connectivity index (χ2n) is 7.16. The molecule has 3 aromatic rings. The highest BCUT2D eigenvalue weighted by molar-refractivity contribution is 7.99. The Bertz CT molecular complexity index is 978. The van der Waals surface area contributed by atoms with Gasteiger partial charge in [-0.05, 0) is 69.2 Å². The van der Waals surface area contributed by atoms with Crippen molar-refractivity contribution in [3.05, 3.63) is 54.1 Å². The molecule has 0 spiro atoms. The first-order chi connectivity index (χ1) is 15.1. The number of rotatable bonds is 10. The van der Waals surface area contributed by atoms with Crippen molar-refractivity contribution in [3.63, 3.8) is 0 Å². The van der Waals surface area contributed by atoms with Gasteiger partial charge in [-0.1, -0.05) is 30.8 Å². The summed E-state index contributed by atoms with van der Waals surface area (Å²) in [6, 6.07) is 16.4. The Morgan fingerprint density at radius 2 is 1.65 bits per heavy atom. The first-order valence-corrected chi connectivity index (χ1v) is 11.9. The van der Waals surface area contributed by atoms with E-state index in [0.717, 1.165) is 48.3 Å². The fourth-order valence-corrected chi connectivity index (χ4v) is 4.26. The smallest absolute Gasteiger partial charge is 0.234 e. The Kier molecular flexibility index (Phi) is 8.12. The van der Waals surface area contributed by atoms with Crippen LogP contribution in [0.4, 0.5) is 11.4 Å². The van der Waals surface area contributed by atoms with Crippen molar-refractivity contribution < 1.29 is 4.79 Å². The zero-order valence-corrected chi connectivity index (χ0v) is 19.6. The predicted octanol–water partition coefficient (Wildman–Crippen LogP) is 5.10. The molecule has 0 radical (unpaired) electrons. The lowest BCUT2D eigenvalue weighted by molar-refractivity contribution is -0.113. The van der Waals surface area contributed by atoms with Gasteiger partial charge in [-0.2, -0.15) is 0 Å². The van der Waals surface area contributed by atoms with Gasteiger partial charge >= 0.3 is 0 Å². The number of anilines is 2. The molecular weight excluding hydrogens is 406 g/mol. The van der Waals surface area contributed by atoms with Gasteiger partial charge in [-0.25, -0.2) is 0 Å². The van der Waals surface area contributed by atoms with Gasteiger partial charge in [0.1, 0.15) is 0 Å². The van der Waals surface area contributed by atoms with Crippen molar-refractivity contribution in [2.75, 3.05) is 29.1 Å². The molecular formula is C24H31N5OS.